The lowest BCUT2D eigenvalue weighted by atomic mass is 10.0. The molecule has 2 heterocycles. The Morgan fingerprint density at radius 1 is 0.417 bits per heavy atom. The van der Waals surface area contributed by atoms with Gasteiger partial charge >= 0.3 is 0 Å². The minimum absolute atomic E-state index is 0.587. The van der Waals surface area contributed by atoms with Crippen molar-refractivity contribution in [3.8, 4) is 0 Å². The van der Waals surface area contributed by atoms with E-state index in [1.807, 2.05) is 182 Å². The van der Waals surface area contributed by atoms with Crippen LogP contribution in [0.2, 0.25) is 0 Å². The number of benzene rings is 4. The van der Waals surface area contributed by atoms with Crippen molar-refractivity contribution < 1.29 is 18.9 Å². The lowest BCUT2D eigenvalue weighted by Gasteiger charge is -2.19. The molecule has 0 bridgehead atoms. The first-order valence-corrected chi connectivity index (χ1v) is 15.7. The molecular weight excluding hydrogens is 592 g/mol. The van der Waals surface area contributed by atoms with Crippen molar-refractivity contribution in [1.82, 2.24) is 0 Å². The summed E-state index contributed by atoms with van der Waals surface area (Å²) in [5, 5.41) is 0. The topological polar surface area (TPSA) is 36.9 Å². The number of methoxy groups -OCH3 is 2. The van der Waals surface area contributed by atoms with Gasteiger partial charge in [-0.2, -0.15) is 0 Å². The monoisotopic (exact) mass is 628 g/mol. The summed E-state index contributed by atoms with van der Waals surface area (Å²) in [5.74, 6) is 4.32. The van der Waals surface area contributed by atoms with Crippen LogP contribution in [0.1, 0.15) is 22.3 Å². The maximum atomic E-state index is 6.32. The van der Waals surface area contributed by atoms with Crippen LogP contribution in [0.3, 0.4) is 0 Å². The number of rotatable bonds is 10. The van der Waals surface area contributed by atoms with Gasteiger partial charge in [0, 0.05) is 22.3 Å². The van der Waals surface area contributed by atoms with E-state index in [9.17, 15) is 0 Å². The van der Waals surface area contributed by atoms with Gasteiger partial charge in [0.15, 0.2) is 11.5 Å². The first-order chi connectivity index (χ1) is 23.7. The molecule has 48 heavy (non-hydrogen) atoms. The third-order valence-electron chi connectivity index (χ3n) is 7.62. The van der Waals surface area contributed by atoms with Crippen LogP contribution in [0.4, 0.5) is 0 Å². The van der Waals surface area contributed by atoms with Crippen LogP contribution in [0.25, 0.3) is 23.0 Å². The second-order valence-electron chi connectivity index (χ2n) is 10.9. The fraction of sp³-hybridized carbons (Fsp3) is 0.0455. The van der Waals surface area contributed by atoms with Crippen molar-refractivity contribution in [3.05, 3.63) is 227 Å². The van der Waals surface area contributed by atoms with Crippen LogP contribution in [0, 0.1) is 0 Å². The van der Waals surface area contributed by atoms with E-state index in [0.717, 1.165) is 56.4 Å². The average molecular weight is 629 g/mol. The quantitative estimate of drug-likeness (QED) is 0.129. The van der Waals surface area contributed by atoms with Crippen LogP contribution in [-0.4, -0.2) is 14.2 Å². The van der Waals surface area contributed by atoms with Crippen LogP contribution < -0.4 is 0 Å². The van der Waals surface area contributed by atoms with E-state index in [4.69, 9.17) is 18.9 Å². The lowest BCUT2D eigenvalue weighted by Crippen LogP contribution is -1.99. The molecule has 0 saturated carbocycles. The van der Waals surface area contributed by atoms with Crippen molar-refractivity contribution in [2.75, 3.05) is 14.2 Å². The van der Waals surface area contributed by atoms with Gasteiger partial charge in [-0.3, -0.25) is 0 Å². The molecule has 6 rings (SSSR count). The molecule has 0 atom stereocenters. The summed E-state index contributed by atoms with van der Waals surface area (Å²) in [6.07, 6.45) is 19.9. The Bertz CT molecular complexity index is 1730. The Kier molecular flexibility index (Phi) is 10.5. The normalized spacial score (nSPS) is 15.0. The van der Waals surface area contributed by atoms with Crippen molar-refractivity contribution in [1.29, 1.82) is 0 Å². The molecule has 0 spiro atoms. The Morgan fingerprint density at radius 2 is 0.688 bits per heavy atom. The van der Waals surface area contributed by atoms with Gasteiger partial charge in [-0.15, -0.1) is 0 Å². The summed E-state index contributed by atoms with van der Waals surface area (Å²) in [5.41, 5.74) is 6.01. The molecule has 4 aromatic carbocycles. The molecule has 0 unspecified atom stereocenters. The minimum atomic E-state index is 0.587. The minimum Gasteiger partial charge on any atom is -0.493 e. The van der Waals surface area contributed by atoms with Gasteiger partial charge in [-0.25, -0.2) is 0 Å². The predicted octanol–water partition coefficient (Wildman–Crippen LogP) is 10.7. The molecule has 0 N–H and O–H groups in total. The molecule has 0 aromatic heterocycles. The zero-order valence-corrected chi connectivity index (χ0v) is 27.0. The summed E-state index contributed by atoms with van der Waals surface area (Å²) in [4.78, 5) is 0. The molecule has 236 valence electrons. The molecular formula is C44H36O4. The second kappa shape index (κ2) is 15.8. The number of hydrogen-bond donors (Lipinski definition) is 0. The molecule has 2 aliphatic heterocycles. The Hall–Kier alpha value is -6.26. The van der Waals surface area contributed by atoms with E-state index in [0.29, 0.717) is 11.5 Å². The van der Waals surface area contributed by atoms with E-state index >= 15 is 0 Å². The Morgan fingerprint density at radius 3 is 0.938 bits per heavy atom. The fourth-order valence-electron chi connectivity index (χ4n) is 5.21. The van der Waals surface area contributed by atoms with Crippen LogP contribution in [0.15, 0.2) is 205 Å². The molecule has 4 nitrogen and oxygen atoms in total. The molecule has 0 fully saturated rings. The van der Waals surface area contributed by atoms with E-state index < -0.39 is 0 Å². The predicted molar refractivity (Wildman–Crippen MR) is 195 cm³/mol. The summed E-state index contributed by atoms with van der Waals surface area (Å²) in [6, 6.07) is 40.4. The summed E-state index contributed by atoms with van der Waals surface area (Å²) < 4.78 is 24.1. The molecule has 0 aliphatic carbocycles. The number of allylic oxidation sites excluding steroid dienone is 12. The van der Waals surface area contributed by atoms with E-state index in [2.05, 4.69) is 0 Å². The molecule has 0 radical (unpaired) electrons. The third kappa shape index (κ3) is 8.11. The highest BCUT2D eigenvalue weighted by atomic mass is 16.5. The molecule has 2 aliphatic rings. The average Bonchev–Trinajstić information content (AvgIpc) is 3.16. The molecule has 0 amide bonds. The smallest absolute Gasteiger partial charge is 0.160 e. The SMILES string of the molecule is COC(/C=C/C=C1C=C(c2ccccc2)OC(c2ccccc2)=C1)=C(\C=C\C=C1C=C(c2ccccc2)OC(c2ccccc2)=C1)OC. The zero-order valence-electron chi connectivity index (χ0n) is 27.0. The highest BCUT2D eigenvalue weighted by Gasteiger charge is 2.16. The van der Waals surface area contributed by atoms with E-state index in [1.165, 1.54) is 0 Å². The highest BCUT2D eigenvalue weighted by Crippen LogP contribution is 2.33. The van der Waals surface area contributed by atoms with Crippen molar-refractivity contribution in [3.63, 3.8) is 0 Å². The first-order valence-electron chi connectivity index (χ1n) is 15.7. The van der Waals surface area contributed by atoms with Gasteiger partial charge < -0.3 is 18.9 Å². The van der Waals surface area contributed by atoms with Gasteiger partial charge in [0.25, 0.3) is 0 Å². The van der Waals surface area contributed by atoms with Crippen molar-refractivity contribution >= 4 is 23.0 Å². The molecule has 4 aromatic rings. The lowest BCUT2D eigenvalue weighted by molar-refractivity contribution is 0.241. The third-order valence-corrected chi connectivity index (χ3v) is 7.62. The number of ether oxygens (including phenoxy) is 4. The number of hydrogen-bond acceptors (Lipinski definition) is 4. The maximum Gasteiger partial charge on any atom is 0.160 e. The van der Waals surface area contributed by atoms with Gasteiger partial charge in [-0.05, 0) is 47.6 Å². The molecule has 4 heteroatoms. The van der Waals surface area contributed by atoms with Crippen LogP contribution >= 0.6 is 0 Å². The fourth-order valence-corrected chi connectivity index (χ4v) is 5.21. The van der Waals surface area contributed by atoms with Gasteiger partial charge in [0.2, 0.25) is 0 Å². The maximum absolute atomic E-state index is 6.32. The van der Waals surface area contributed by atoms with Gasteiger partial charge in [-0.1, -0.05) is 146 Å². The van der Waals surface area contributed by atoms with E-state index in [1.54, 1.807) is 14.2 Å². The summed E-state index contributed by atoms with van der Waals surface area (Å²) >= 11 is 0. The van der Waals surface area contributed by atoms with Gasteiger partial charge in [0.05, 0.1) is 14.2 Å². The zero-order chi connectivity index (χ0) is 33.0. The standard InChI is InChI=1S/C44H36O4/c1-45-39(27-15-17-33-29-41(35-19-7-3-8-20-35)47-42(30-33)36-21-9-4-10-22-36)40(46-2)28-16-18-34-31-43(37-23-11-5-12-24-37)48-44(32-34)38-25-13-6-14-26-38/h3-32H,1-2H3/b27-15+,28-16+,40-39+. The summed E-state index contributed by atoms with van der Waals surface area (Å²) in [6.45, 7) is 0. The Labute approximate surface area is 282 Å². The highest BCUT2D eigenvalue weighted by molar-refractivity contribution is 5.79. The van der Waals surface area contributed by atoms with Crippen LogP contribution in [-0.2, 0) is 18.9 Å². The largest absolute Gasteiger partial charge is 0.493 e. The first kappa shape index (κ1) is 31.7. The molecule has 0 saturated heterocycles. The second-order valence-corrected chi connectivity index (χ2v) is 10.9. The summed E-state index contributed by atoms with van der Waals surface area (Å²) in [7, 11) is 3.27. The van der Waals surface area contributed by atoms with E-state index in [-0.39, 0.29) is 0 Å². The van der Waals surface area contributed by atoms with Crippen LogP contribution in [0.5, 0.6) is 0 Å². The van der Waals surface area contributed by atoms with Crippen molar-refractivity contribution in [2.45, 2.75) is 0 Å². The van der Waals surface area contributed by atoms with Crippen molar-refractivity contribution in [2.24, 2.45) is 0 Å². The Balaban J connectivity index is 1.27. The van der Waals surface area contributed by atoms with Gasteiger partial charge in [0.1, 0.15) is 23.0 Å².